The normalized spacial score (nSPS) is 13.0. The number of carbonyl (C=O) groups excluding carboxylic acids is 1. The molecule has 0 spiro atoms. The number of thioether (sulfide) groups is 1. The molecule has 0 fully saturated rings. The van der Waals surface area contributed by atoms with Gasteiger partial charge in [0.15, 0.2) is 5.44 Å². The van der Waals surface area contributed by atoms with Crippen molar-refractivity contribution in [1.82, 2.24) is 10.3 Å². The number of aromatic nitrogens is 1. The second-order valence-corrected chi connectivity index (χ2v) is 7.62. The van der Waals surface area contributed by atoms with E-state index in [1.54, 1.807) is 11.8 Å². The van der Waals surface area contributed by atoms with Gasteiger partial charge in [0.25, 0.3) is 0 Å². The molecule has 0 radical (unpaired) electrons. The van der Waals surface area contributed by atoms with Crippen molar-refractivity contribution < 1.29 is 9.53 Å². The van der Waals surface area contributed by atoms with Crippen molar-refractivity contribution in [3.05, 3.63) is 33.9 Å². The number of ether oxygens (including phenoxy) is 1. The summed E-state index contributed by atoms with van der Waals surface area (Å²) in [5.74, 6) is 0.519. The van der Waals surface area contributed by atoms with Crippen LogP contribution in [-0.4, -0.2) is 28.1 Å². The molecule has 1 amide bonds. The number of nitrogens with zero attached hydrogens (tertiary/aromatic N) is 1. The van der Waals surface area contributed by atoms with Crippen LogP contribution in [0.3, 0.4) is 0 Å². The smallest absolute Gasteiger partial charge is 0.228 e. The number of nitrogens with one attached hydrogen (secondary N) is 1. The Balaban J connectivity index is 2.31. The first kappa shape index (κ1) is 17.3. The highest BCUT2D eigenvalue weighted by Crippen LogP contribution is 2.29. The topological polar surface area (TPSA) is 51.2 Å². The summed E-state index contributed by atoms with van der Waals surface area (Å²) in [6, 6.07) is 10.00. The van der Waals surface area contributed by atoms with Gasteiger partial charge in [0.2, 0.25) is 11.8 Å². The van der Waals surface area contributed by atoms with Crippen LogP contribution in [0.15, 0.2) is 30.3 Å². The van der Waals surface area contributed by atoms with Gasteiger partial charge in [-0.1, -0.05) is 18.2 Å². The van der Waals surface area contributed by atoms with Crippen LogP contribution < -0.4 is 10.1 Å². The zero-order valence-electron chi connectivity index (χ0n) is 13.0. The van der Waals surface area contributed by atoms with Crippen molar-refractivity contribution in [2.45, 2.75) is 31.7 Å². The highest BCUT2D eigenvalue weighted by Gasteiger charge is 2.32. The van der Waals surface area contributed by atoms with Crippen LogP contribution in [0, 0.1) is 3.57 Å². The van der Waals surface area contributed by atoms with E-state index in [1.807, 2.05) is 44.4 Å². The Bertz CT molecular complexity index is 691. The second kappa shape index (κ2) is 7.04. The average Bonchev–Trinajstić information content (AvgIpc) is 2.43. The maximum Gasteiger partial charge on any atom is 0.228 e. The molecule has 118 valence electrons. The third kappa shape index (κ3) is 4.04. The van der Waals surface area contributed by atoms with Gasteiger partial charge in [-0.15, -0.1) is 11.8 Å². The summed E-state index contributed by atoms with van der Waals surface area (Å²) in [5, 5.41) is 4.02. The summed E-state index contributed by atoms with van der Waals surface area (Å²) >= 11 is 3.78. The Morgan fingerprint density at radius 2 is 2.09 bits per heavy atom. The summed E-state index contributed by atoms with van der Waals surface area (Å²) in [6.07, 6.45) is 1.96. The number of fused-ring (bicyclic) bond motifs is 1. The maximum absolute atomic E-state index is 11.4. The Hall–Kier alpha value is -1.02. The molecule has 0 saturated carbocycles. The van der Waals surface area contributed by atoms with E-state index in [1.165, 1.54) is 6.92 Å². The predicted octanol–water partition coefficient (Wildman–Crippen LogP) is 3.82. The van der Waals surface area contributed by atoms with Crippen LogP contribution in [-0.2, 0) is 4.79 Å². The second-order valence-electron chi connectivity index (χ2n) is 5.56. The third-order valence-electron chi connectivity index (χ3n) is 3.17. The summed E-state index contributed by atoms with van der Waals surface area (Å²) in [6.45, 7) is 5.41. The van der Waals surface area contributed by atoms with Gasteiger partial charge in [-0.05, 0) is 54.8 Å². The molecule has 0 aliphatic rings. The van der Waals surface area contributed by atoms with Gasteiger partial charge in [0, 0.05) is 12.3 Å². The Kier molecular flexibility index (Phi) is 5.55. The molecule has 1 atom stereocenters. The molecule has 1 aromatic heterocycles. The minimum absolute atomic E-state index is 0.0752. The molecule has 0 bridgehead atoms. The molecule has 0 aliphatic carbocycles. The first-order chi connectivity index (χ1) is 10.3. The lowest BCUT2D eigenvalue weighted by molar-refractivity contribution is -0.121. The first-order valence-corrected chi connectivity index (χ1v) is 9.23. The number of carbonyl (C=O) groups is 1. The zero-order valence-corrected chi connectivity index (χ0v) is 16.0. The average molecular weight is 430 g/mol. The van der Waals surface area contributed by atoms with Crippen LogP contribution in [0.5, 0.6) is 5.88 Å². The number of halogens is 1. The lowest BCUT2D eigenvalue weighted by atomic mass is 10.1. The van der Waals surface area contributed by atoms with Gasteiger partial charge in [-0.25, -0.2) is 4.98 Å². The number of pyridine rings is 1. The van der Waals surface area contributed by atoms with Gasteiger partial charge >= 0.3 is 0 Å². The fourth-order valence-corrected chi connectivity index (χ4v) is 3.68. The molecule has 1 N–H and O–H groups in total. The van der Waals surface area contributed by atoms with Crippen molar-refractivity contribution in [3.8, 4) is 5.88 Å². The zero-order chi connectivity index (χ0) is 16.3. The van der Waals surface area contributed by atoms with Crippen molar-refractivity contribution >= 4 is 51.2 Å². The Morgan fingerprint density at radius 3 is 2.73 bits per heavy atom. The number of amides is 1. The minimum atomic E-state index is -0.498. The fraction of sp³-hybridized carbons (Fsp3) is 0.375. The standard InChI is InChI=1S/C16H19IN2O2S/c1-10(20)19-16(2,3)15(22-4)21-14-12(17)9-11-7-5-6-8-13(11)18-14/h5-9,15H,1-4H3,(H,19,20). The van der Waals surface area contributed by atoms with Crippen LogP contribution in [0.1, 0.15) is 20.8 Å². The van der Waals surface area contributed by atoms with E-state index in [-0.39, 0.29) is 11.3 Å². The monoisotopic (exact) mass is 430 g/mol. The van der Waals surface area contributed by atoms with E-state index in [0.29, 0.717) is 5.88 Å². The Morgan fingerprint density at radius 1 is 1.41 bits per heavy atom. The van der Waals surface area contributed by atoms with Crippen molar-refractivity contribution in [3.63, 3.8) is 0 Å². The Labute approximate surface area is 148 Å². The summed E-state index contributed by atoms with van der Waals surface area (Å²) in [7, 11) is 0. The molecular formula is C16H19IN2O2S. The van der Waals surface area contributed by atoms with Crippen molar-refractivity contribution in [2.24, 2.45) is 0 Å². The maximum atomic E-state index is 11.4. The molecule has 4 nitrogen and oxygen atoms in total. The summed E-state index contributed by atoms with van der Waals surface area (Å²) < 4.78 is 7.05. The highest BCUT2D eigenvalue weighted by atomic mass is 127. The van der Waals surface area contributed by atoms with E-state index < -0.39 is 5.54 Å². The van der Waals surface area contributed by atoms with Gasteiger partial charge in [0.05, 0.1) is 14.6 Å². The number of benzene rings is 1. The van der Waals surface area contributed by atoms with Crippen molar-refractivity contribution in [1.29, 1.82) is 0 Å². The molecule has 2 rings (SSSR count). The number of hydrogen-bond acceptors (Lipinski definition) is 4. The molecule has 22 heavy (non-hydrogen) atoms. The highest BCUT2D eigenvalue weighted by molar-refractivity contribution is 14.1. The lowest BCUT2D eigenvalue weighted by Gasteiger charge is -2.33. The van der Waals surface area contributed by atoms with Crippen LogP contribution in [0.2, 0.25) is 0 Å². The number of para-hydroxylation sites is 1. The molecule has 0 aliphatic heterocycles. The number of rotatable bonds is 5. The predicted molar refractivity (Wildman–Crippen MR) is 100 cm³/mol. The summed E-state index contributed by atoms with van der Waals surface area (Å²) in [4.78, 5) is 16.0. The van der Waals surface area contributed by atoms with Gasteiger partial charge in [0.1, 0.15) is 0 Å². The number of hydrogen-bond donors (Lipinski definition) is 1. The van der Waals surface area contributed by atoms with E-state index >= 15 is 0 Å². The van der Waals surface area contributed by atoms with Crippen LogP contribution in [0.4, 0.5) is 0 Å². The van der Waals surface area contributed by atoms with E-state index in [2.05, 4.69) is 39.0 Å². The third-order valence-corrected chi connectivity index (χ3v) is 5.05. The summed E-state index contributed by atoms with van der Waals surface area (Å²) in [5.41, 5.74) is 0.162. The fourth-order valence-electron chi connectivity index (χ4n) is 2.26. The molecule has 1 aromatic carbocycles. The minimum Gasteiger partial charge on any atom is -0.460 e. The van der Waals surface area contributed by atoms with Crippen LogP contribution in [0.25, 0.3) is 10.9 Å². The van der Waals surface area contributed by atoms with Crippen LogP contribution >= 0.6 is 34.4 Å². The van der Waals surface area contributed by atoms with Gasteiger partial charge in [-0.3, -0.25) is 4.79 Å². The van der Waals surface area contributed by atoms with E-state index in [9.17, 15) is 4.79 Å². The molecular weight excluding hydrogens is 411 g/mol. The molecule has 0 saturated heterocycles. The largest absolute Gasteiger partial charge is 0.460 e. The van der Waals surface area contributed by atoms with E-state index in [0.717, 1.165) is 14.5 Å². The van der Waals surface area contributed by atoms with Crippen molar-refractivity contribution in [2.75, 3.05) is 6.26 Å². The van der Waals surface area contributed by atoms with Gasteiger partial charge < -0.3 is 10.1 Å². The van der Waals surface area contributed by atoms with Gasteiger partial charge in [-0.2, -0.15) is 0 Å². The lowest BCUT2D eigenvalue weighted by Crippen LogP contribution is -2.52. The molecule has 2 aromatic rings. The molecule has 6 heteroatoms. The quantitative estimate of drug-likeness (QED) is 0.579. The molecule has 1 heterocycles. The SMILES string of the molecule is CSC(Oc1nc2ccccc2cc1I)C(C)(C)NC(C)=O. The first-order valence-electron chi connectivity index (χ1n) is 6.87. The molecule has 1 unspecified atom stereocenters. The van der Waals surface area contributed by atoms with E-state index in [4.69, 9.17) is 4.74 Å².